The number of nitrogens with one attached hydrogen (secondary N) is 1. The SMILES string of the molecule is CCn1ncc(NC(=O)c2cccc(COc3ccccc3Br)c2)c1C(=O)N1CCOCC1. The van der Waals surface area contributed by atoms with Crippen molar-refractivity contribution in [1.29, 1.82) is 0 Å². The summed E-state index contributed by atoms with van der Waals surface area (Å²) in [6.07, 6.45) is 1.52. The zero-order chi connectivity index (χ0) is 23.2. The molecule has 33 heavy (non-hydrogen) atoms. The van der Waals surface area contributed by atoms with Gasteiger partial charge in [-0.25, -0.2) is 0 Å². The fourth-order valence-corrected chi connectivity index (χ4v) is 3.98. The van der Waals surface area contributed by atoms with Crippen LogP contribution in [0, 0.1) is 0 Å². The third kappa shape index (κ3) is 5.43. The summed E-state index contributed by atoms with van der Waals surface area (Å²) >= 11 is 3.46. The molecule has 1 fully saturated rings. The molecule has 2 heterocycles. The predicted molar refractivity (Wildman–Crippen MR) is 127 cm³/mol. The number of ether oxygens (including phenoxy) is 2. The van der Waals surface area contributed by atoms with Crippen molar-refractivity contribution in [1.82, 2.24) is 14.7 Å². The number of morpholine rings is 1. The van der Waals surface area contributed by atoms with Gasteiger partial charge in [-0.05, 0) is 52.7 Å². The van der Waals surface area contributed by atoms with E-state index in [9.17, 15) is 9.59 Å². The van der Waals surface area contributed by atoms with Crippen LogP contribution in [0.5, 0.6) is 5.75 Å². The van der Waals surface area contributed by atoms with Crippen LogP contribution in [0.2, 0.25) is 0 Å². The Morgan fingerprint density at radius 2 is 1.94 bits per heavy atom. The van der Waals surface area contributed by atoms with Gasteiger partial charge in [0.1, 0.15) is 18.1 Å². The quantitative estimate of drug-likeness (QED) is 0.517. The Hall–Kier alpha value is -3.17. The number of aryl methyl sites for hydroxylation is 1. The van der Waals surface area contributed by atoms with E-state index in [0.29, 0.717) is 56.4 Å². The second-order valence-corrected chi connectivity index (χ2v) is 8.36. The highest BCUT2D eigenvalue weighted by Gasteiger charge is 2.26. The zero-order valence-electron chi connectivity index (χ0n) is 18.3. The van der Waals surface area contributed by atoms with Crippen molar-refractivity contribution in [2.45, 2.75) is 20.1 Å². The number of para-hydroxylation sites is 1. The van der Waals surface area contributed by atoms with Gasteiger partial charge < -0.3 is 19.7 Å². The molecule has 0 radical (unpaired) electrons. The summed E-state index contributed by atoms with van der Waals surface area (Å²) in [6, 6.07) is 14.8. The van der Waals surface area contributed by atoms with E-state index in [1.165, 1.54) is 6.20 Å². The first-order chi connectivity index (χ1) is 16.1. The first kappa shape index (κ1) is 23.0. The van der Waals surface area contributed by atoms with Crippen molar-refractivity contribution in [3.8, 4) is 5.75 Å². The molecule has 2 aromatic carbocycles. The molecule has 8 nitrogen and oxygen atoms in total. The van der Waals surface area contributed by atoms with Crippen LogP contribution in [0.3, 0.4) is 0 Å². The molecule has 0 spiro atoms. The van der Waals surface area contributed by atoms with Crippen LogP contribution in [0.15, 0.2) is 59.2 Å². The Kier molecular flexibility index (Phi) is 7.41. The van der Waals surface area contributed by atoms with Crippen molar-refractivity contribution >= 4 is 33.4 Å². The van der Waals surface area contributed by atoms with Crippen LogP contribution >= 0.6 is 15.9 Å². The molecule has 0 aliphatic carbocycles. The van der Waals surface area contributed by atoms with Crippen LogP contribution in [-0.4, -0.2) is 52.8 Å². The first-order valence-corrected chi connectivity index (χ1v) is 11.6. The lowest BCUT2D eigenvalue weighted by molar-refractivity contribution is 0.0295. The Bertz CT molecular complexity index is 1140. The van der Waals surface area contributed by atoms with Crippen molar-refractivity contribution in [2.24, 2.45) is 0 Å². The Morgan fingerprint density at radius 3 is 2.70 bits per heavy atom. The van der Waals surface area contributed by atoms with Gasteiger partial charge in [0.25, 0.3) is 11.8 Å². The van der Waals surface area contributed by atoms with Gasteiger partial charge in [0.15, 0.2) is 0 Å². The van der Waals surface area contributed by atoms with Crippen LogP contribution in [-0.2, 0) is 17.9 Å². The number of nitrogens with zero attached hydrogens (tertiary/aromatic N) is 3. The van der Waals surface area contributed by atoms with Crippen molar-refractivity contribution < 1.29 is 19.1 Å². The monoisotopic (exact) mass is 512 g/mol. The minimum atomic E-state index is -0.315. The highest BCUT2D eigenvalue weighted by Crippen LogP contribution is 2.25. The molecule has 1 aliphatic rings. The summed E-state index contributed by atoms with van der Waals surface area (Å²) in [4.78, 5) is 27.8. The normalized spacial score (nSPS) is 13.6. The average Bonchev–Trinajstić information content (AvgIpc) is 3.26. The summed E-state index contributed by atoms with van der Waals surface area (Å²) < 4.78 is 13.7. The highest BCUT2D eigenvalue weighted by molar-refractivity contribution is 9.10. The zero-order valence-corrected chi connectivity index (χ0v) is 19.9. The molecule has 0 bridgehead atoms. The molecule has 3 aromatic rings. The van der Waals surface area contributed by atoms with Crippen LogP contribution in [0.1, 0.15) is 33.3 Å². The first-order valence-electron chi connectivity index (χ1n) is 10.8. The second kappa shape index (κ2) is 10.6. The Labute approximate surface area is 200 Å². The van der Waals surface area contributed by atoms with E-state index in [2.05, 4.69) is 26.3 Å². The molecule has 2 amide bonds. The van der Waals surface area contributed by atoms with Crippen LogP contribution < -0.4 is 10.1 Å². The molecule has 1 aliphatic heterocycles. The lowest BCUT2D eigenvalue weighted by Crippen LogP contribution is -2.41. The number of hydrogen-bond acceptors (Lipinski definition) is 5. The molecule has 0 atom stereocenters. The molecule has 1 N–H and O–H groups in total. The minimum absolute atomic E-state index is 0.163. The van der Waals surface area contributed by atoms with E-state index in [0.717, 1.165) is 15.8 Å². The molecule has 172 valence electrons. The fraction of sp³-hybridized carbons (Fsp3) is 0.292. The van der Waals surface area contributed by atoms with Gasteiger partial charge in [0, 0.05) is 25.2 Å². The maximum Gasteiger partial charge on any atom is 0.274 e. The van der Waals surface area contributed by atoms with E-state index in [1.54, 1.807) is 21.7 Å². The topological polar surface area (TPSA) is 85.7 Å². The predicted octanol–water partition coefficient (Wildman–Crippen LogP) is 3.97. The van der Waals surface area contributed by atoms with E-state index < -0.39 is 0 Å². The molecule has 4 rings (SSSR count). The van der Waals surface area contributed by atoms with Gasteiger partial charge in [-0.1, -0.05) is 24.3 Å². The smallest absolute Gasteiger partial charge is 0.274 e. The van der Waals surface area contributed by atoms with E-state index in [1.807, 2.05) is 43.3 Å². The standard InChI is InChI=1S/C24H25BrN4O4/c1-2-29-22(24(31)28-10-12-32-13-11-28)20(15-26-29)27-23(30)18-7-5-6-17(14-18)16-33-21-9-4-3-8-19(21)25/h3-9,14-15H,2,10-13,16H2,1H3,(H,27,30). The lowest BCUT2D eigenvalue weighted by atomic mass is 10.1. The maximum absolute atomic E-state index is 13.1. The van der Waals surface area contributed by atoms with Gasteiger partial charge in [-0.3, -0.25) is 14.3 Å². The van der Waals surface area contributed by atoms with Gasteiger partial charge in [0.2, 0.25) is 0 Å². The number of aromatic nitrogens is 2. The number of carbonyl (C=O) groups is 2. The molecule has 1 aromatic heterocycles. The summed E-state index contributed by atoms with van der Waals surface area (Å²) in [5.41, 5.74) is 2.10. The molecule has 1 saturated heterocycles. The number of anilines is 1. The summed E-state index contributed by atoms with van der Waals surface area (Å²) in [5.74, 6) is 0.249. The van der Waals surface area contributed by atoms with Crippen LogP contribution in [0.25, 0.3) is 0 Å². The van der Waals surface area contributed by atoms with Gasteiger partial charge in [-0.2, -0.15) is 5.10 Å². The Balaban J connectivity index is 1.48. The van der Waals surface area contributed by atoms with E-state index in [4.69, 9.17) is 9.47 Å². The fourth-order valence-electron chi connectivity index (χ4n) is 3.58. The maximum atomic E-state index is 13.1. The van der Waals surface area contributed by atoms with Crippen molar-refractivity contribution in [3.63, 3.8) is 0 Å². The largest absolute Gasteiger partial charge is 0.488 e. The Morgan fingerprint density at radius 1 is 1.15 bits per heavy atom. The summed E-state index contributed by atoms with van der Waals surface area (Å²) in [7, 11) is 0. The lowest BCUT2D eigenvalue weighted by Gasteiger charge is -2.27. The number of benzene rings is 2. The van der Waals surface area contributed by atoms with Crippen molar-refractivity contribution in [2.75, 3.05) is 31.6 Å². The third-order valence-electron chi connectivity index (χ3n) is 5.31. The third-order valence-corrected chi connectivity index (χ3v) is 5.96. The molecule has 0 saturated carbocycles. The van der Waals surface area contributed by atoms with E-state index in [-0.39, 0.29) is 11.8 Å². The molecular formula is C24H25BrN4O4. The minimum Gasteiger partial charge on any atom is -0.488 e. The number of amides is 2. The number of rotatable bonds is 7. The number of hydrogen-bond donors (Lipinski definition) is 1. The average molecular weight is 513 g/mol. The number of carbonyl (C=O) groups excluding carboxylic acids is 2. The van der Waals surface area contributed by atoms with Crippen LogP contribution in [0.4, 0.5) is 5.69 Å². The second-order valence-electron chi connectivity index (χ2n) is 7.50. The summed E-state index contributed by atoms with van der Waals surface area (Å²) in [6.45, 7) is 4.77. The van der Waals surface area contributed by atoms with Gasteiger partial charge in [-0.15, -0.1) is 0 Å². The number of halogens is 1. The molecule has 9 heteroatoms. The van der Waals surface area contributed by atoms with E-state index >= 15 is 0 Å². The highest BCUT2D eigenvalue weighted by atomic mass is 79.9. The summed E-state index contributed by atoms with van der Waals surface area (Å²) in [5, 5.41) is 7.15. The van der Waals surface area contributed by atoms with Gasteiger partial charge in [0.05, 0.1) is 29.6 Å². The van der Waals surface area contributed by atoms with Gasteiger partial charge >= 0.3 is 0 Å². The molecule has 0 unspecified atom stereocenters. The molecular weight excluding hydrogens is 488 g/mol. The van der Waals surface area contributed by atoms with Crippen molar-refractivity contribution in [3.05, 3.63) is 76.0 Å².